The first-order chi connectivity index (χ1) is 12.0. The number of rotatable bonds is 6. The molecule has 1 heterocycles. The summed E-state index contributed by atoms with van der Waals surface area (Å²) in [5.41, 5.74) is 0.914. The number of hydrogen-bond acceptors (Lipinski definition) is 4. The Balaban J connectivity index is 1.79. The zero-order valence-corrected chi connectivity index (χ0v) is 14.4. The molecule has 6 heteroatoms. The standard InChI is InChI=1S/C19H22N2O4/c1-20(12-16(22)13-9-10-13)18(23)14-6-3-4-7-15(14)21(2)19(24)17-8-5-11-25-17/h3-8,11,13,16,22H,9-10,12H2,1-2H3. The van der Waals surface area contributed by atoms with Gasteiger partial charge in [-0.2, -0.15) is 0 Å². The Morgan fingerprint density at radius 2 is 1.88 bits per heavy atom. The molecule has 1 aliphatic rings. The van der Waals surface area contributed by atoms with Crippen LogP contribution < -0.4 is 4.90 Å². The first kappa shape index (κ1) is 17.2. The predicted octanol–water partition coefficient (Wildman–Crippen LogP) is 2.40. The second-order valence-corrected chi connectivity index (χ2v) is 6.45. The second-order valence-electron chi connectivity index (χ2n) is 6.45. The van der Waals surface area contributed by atoms with Crippen LogP contribution in [0.25, 0.3) is 0 Å². The van der Waals surface area contributed by atoms with Gasteiger partial charge in [-0.1, -0.05) is 12.1 Å². The molecule has 1 aromatic carbocycles. The van der Waals surface area contributed by atoms with E-state index in [4.69, 9.17) is 4.42 Å². The summed E-state index contributed by atoms with van der Waals surface area (Å²) in [4.78, 5) is 28.2. The van der Waals surface area contributed by atoms with Crippen LogP contribution in [0.3, 0.4) is 0 Å². The number of anilines is 1. The highest BCUT2D eigenvalue weighted by molar-refractivity contribution is 6.09. The summed E-state index contributed by atoms with van der Waals surface area (Å²) in [5, 5.41) is 10.1. The molecule has 1 aromatic heterocycles. The highest BCUT2D eigenvalue weighted by Crippen LogP contribution is 2.33. The minimum atomic E-state index is -0.497. The van der Waals surface area contributed by atoms with E-state index in [0.717, 1.165) is 12.8 Å². The average Bonchev–Trinajstić information content (AvgIpc) is 3.34. The predicted molar refractivity (Wildman–Crippen MR) is 93.6 cm³/mol. The number of aliphatic hydroxyl groups is 1. The van der Waals surface area contributed by atoms with E-state index in [2.05, 4.69) is 0 Å². The molecular weight excluding hydrogens is 320 g/mol. The average molecular weight is 342 g/mol. The molecule has 0 aliphatic heterocycles. The minimum absolute atomic E-state index is 0.210. The smallest absolute Gasteiger partial charge is 0.293 e. The fraction of sp³-hybridized carbons (Fsp3) is 0.368. The molecule has 0 saturated heterocycles. The van der Waals surface area contributed by atoms with Gasteiger partial charge in [0.25, 0.3) is 11.8 Å². The van der Waals surface area contributed by atoms with Crippen LogP contribution in [0.2, 0.25) is 0 Å². The lowest BCUT2D eigenvalue weighted by Crippen LogP contribution is -2.36. The molecule has 1 fully saturated rings. The normalized spacial score (nSPS) is 14.8. The van der Waals surface area contributed by atoms with E-state index in [0.29, 0.717) is 17.2 Å². The molecule has 6 nitrogen and oxygen atoms in total. The van der Waals surface area contributed by atoms with Crippen molar-refractivity contribution in [3.8, 4) is 0 Å². The molecule has 3 rings (SSSR count). The van der Waals surface area contributed by atoms with E-state index in [9.17, 15) is 14.7 Å². The molecule has 2 amide bonds. The van der Waals surface area contributed by atoms with Gasteiger partial charge in [-0.3, -0.25) is 9.59 Å². The van der Waals surface area contributed by atoms with Crippen LogP contribution >= 0.6 is 0 Å². The fourth-order valence-electron chi connectivity index (χ4n) is 2.82. The molecule has 1 atom stereocenters. The van der Waals surface area contributed by atoms with Crippen molar-refractivity contribution in [2.24, 2.45) is 5.92 Å². The van der Waals surface area contributed by atoms with Crippen molar-refractivity contribution in [3.63, 3.8) is 0 Å². The number of carbonyl (C=O) groups is 2. The second kappa shape index (κ2) is 7.11. The highest BCUT2D eigenvalue weighted by Gasteiger charge is 2.32. The Bertz CT molecular complexity index is 753. The molecule has 2 aromatic rings. The summed E-state index contributed by atoms with van der Waals surface area (Å²) in [5.74, 6) is -0.0451. The third-order valence-electron chi connectivity index (χ3n) is 4.51. The van der Waals surface area contributed by atoms with Crippen molar-refractivity contribution >= 4 is 17.5 Å². The van der Waals surface area contributed by atoms with Crippen LogP contribution in [-0.4, -0.2) is 48.6 Å². The number of amides is 2. The first-order valence-electron chi connectivity index (χ1n) is 8.33. The van der Waals surface area contributed by atoms with Crippen molar-refractivity contribution in [3.05, 3.63) is 54.0 Å². The van der Waals surface area contributed by atoms with Gasteiger partial charge in [-0.25, -0.2) is 0 Å². The van der Waals surface area contributed by atoms with Crippen molar-refractivity contribution < 1.29 is 19.1 Å². The van der Waals surface area contributed by atoms with Crippen LogP contribution in [0.5, 0.6) is 0 Å². The molecule has 1 aliphatic carbocycles. The van der Waals surface area contributed by atoms with E-state index in [1.165, 1.54) is 16.1 Å². The number of carbonyl (C=O) groups excluding carboxylic acids is 2. The van der Waals surface area contributed by atoms with Gasteiger partial charge < -0.3 is 19.3 Å². The van der Waals surface area contributed by atoms with E-state index in [-0.39, 0.29) is 24.1 Å². The van der Waals surface area contributed by atoms with Gasteiger partial charge in [0, 0.05) is 20.6 Å². The fourth-order valence-corrected chi connectivity index (χ4v) is 2.82. The molecular formula is C19H22N2O4. The highest BCUT2D eigenvalue weighted by atomic mass is 16.3. The third kappa shape index (κ3) is 3.74. The summed E-state index contributed by atoms with van der Waals surface area (Å²) < 4.78 is 5.15. The van der Waals surface area contributed by atoms with Crippen molar-refractivity contribution in [1.82, 2.24) is 4.90 Å². The topological polar surface area (TPSA) is 74.0 Å². The van der Waals surface area contributed by atoms with Gasteiger partial charge in [0.05, 0.1) is 23.6 Å². The zero-order valence-electron chi connectivity index (χ0n) is 14.4. The van der Waals surface area contributed by atoms with E-state index in [1.54, 1.807) is 50.5 Å². The Morgan fingerprint density at radius 1 is 1.16 bits per heavy atom. The molecule has 0 spiro atoms. The summed E-state index contributed by atoms with van der Waals surface area (Å²) >= 11 is 0. The zero-order chi connectivity index (χ0) is 18.0. The largest absolute Gasteiger partial charge is 0.459 e. The lowest BCUT2D eigenvalue weighted by atomic mass is 10.1. The molecule has 1 N–H and O–H groups in total. The van der Waals surface area contributed by atoms with Gasteiger partial charge in [0.2, 0.25) is 0 Å². The van der Waals surface area contributed by atoms with E-state index < -0.39 is 6.10 Å². The number of furan rings is 1. The van der Waals surface area contributed by atoms with Crippen molar-refractivity contribution in [2.75, 3.05) is 25.5 Å². The summed E-state index contributed by atoms with van der Waals surface area (Å²) in [6, 6.07) is 10.2. The van der Waals surface area contributed by atoms with Gasteiger partial charge in [-0.05, 0) is 43.0 Å². The number of benzene rings is 1. The molecule has 1 unspecified atom stereocenters. The first-order valence-corrected chi connectivity index (χ1v) is 8.33. The Morgan fingerprint density at radius 3 is 2.52 bits per heavy atom. The summed E-state index contributed by atoms with van der Waals surface area (Å²) in [6.45, 7) is 0.285. The summed E-state index contributed by atoms with van der Waals surface area (Å²) in [7, 11) is 3.27. The summed E-state index contributed by atoms with van der Waals surface area (Å²) in [6.07, 6.45) is 2.97. The number of aliphatic hydroxyl groups excluding tert-OH is 1. The van der Waals surface area contributed by atoms with Gasteiger partial charge in [0.15, 0.2) is 5.76 Å². The number of para-hydroxylation sites is 1. The van der Waals surface area contributed by atoms with Crippen molar-refractivity contribution in [1.29, 1.82) is 0 Å². The number of likely N-dealkylation sites (N-methyl/N-ethyl adjacent to an activating group) is 1. The lowest BCUT2D eigenvalue weighted by Gasteiger charge is -2.24. The number of nitrogens with zero attached hydrogens (tertiary/aromatic N) is 2. The molecule has 0 radical (unpaired) electrons. The van der Waals surface area contributed by atoms with Crippen LogP contribution in [0, 0.1) is 5.92 Å². The van der Waals surface area contributed by atoms with Crippen LogP contribution in [0.15, 0.2) is 47.1 Å². The molecule has 25 heavy (non-hydrogen) atoms. The Labute approximate surface area is 146 Å². The maximum absolute atomic E-state index is 12.8. The van der Waals surface area contributed by atoms with Gasteiger partial charge >= 0.3 is 0 Å². The van der Waals surface area contributed by atoms with Crippen LogP contribution in [-0.2, 0) is 0 Å². The maximum Gasteiger partial charge on any atom is 0.293 e. The van der Waals surface area contributed by atoms with Gasteiger partial charge in [-0.15, -0.1) is 0 Å². The Kier molecular flexibility index (Phi) is 4.90. The van der Waals surface area contributed by atoms with E-state index in [1.807, 2.05) is 0 Å². The maximum atomic E-state index is 12.8. The number of hydrogen-bond donors (Lipinski definition) is 1. The lowest BCUT2D eigenvalue weighted by molar-refractivity contribution is 0.0646. The molecule has 0 bridgehead atoms. The molecule has 1 saturated carbocycles. The SMILES string of the molecule is CN(CC(O)C1CC1)C(=O)c1ccccc1N(C)C(=O)c1ccco1. The molecule has 132 valence electrons. The van der Waals surface area contributed by atoms with Crippen LogP contribution in [0.4, 0.5) is 5.69 Å². The monoisotopic (exact) mass is 342 g/mol. The van der Waals surface area contributed by atoms with Crippen LogP contribution in [0.1, 0.15) is 33.8 Å². The van der Waals surface area contributed by atoms with Crippen molar-refractivity contribution in [2.45, 2.75) is 18.9 Å². The quantitative estimate of drug-likeness (QED) is 0.875. The minimum Gasteiger partial charge on any atom is -0.459 e. The Hall–Kier alpha value is -2.60. The van der Waals surface area contributed by atoms with E-state index >= 15 is 0 Å². The third-order valence-corrected chi connectivity index (χ3v) is 4.51. The van der Waals surface area contributed by atoms with Gasteiger partial charge in [0.1, 0.15) is 0 Å².